The fraction of sp³-hybridized carbons (Fsp3) is 0.368. The van der Waals surface area contributed by atoms with E-state index in [4.69, 9.17) is 15.9 Å². The van der Waals surface area contributed by atoms with Crippen molar-refractivity contribution in [1.29, 1.82) is 5.41 Å². The number of nitrogens with one attached hydrogen (secondary N) is 1. The number of aromatic hydroxyl groups is 1. The Kier molecular flexibility index (Phi) is 8.89. The molecular formula is C19H28Cl2N4O2. The van der Waals surface area contributed by atoms with Crippen LogP contribution >= 0.6 is 24.8 Å². The smallest absolute Gasteiger partial charge is 0.193 e. The Bertz CT molecular complexity index is 778. The van der Waals surface area contributed by atoms with E-state index in [1.54, 1.807) is 24.4 Å². The van der Waals surface area contributed by atoms with Gasteiger partial charge in [0.2, 0.25) is 0 Å². The molecule has 2 rings (SSSR count). The van der Waals surface area contributed by atoms with E-state index in [1.807, 2.05) is 45.9 Å². The zero-order valence-electron chi connectivity index (χ0n) is 16.2. The van der Waals surface area contributed by atoms with Gasteiger partial charge in [-0.3, -0.25) is 10.4 Å². The highest BCUT2D eigenvalue weighted by Gasteiger charge is 2.27. The molecule has 0 aliphatic heterocycles. The first-order chi connectivity index (χ1) is 11.7. The summed E-state index contributed by atoms with van der Waals surface area (Å²) in [6, 6.07) is 5.56. The maximum Gasteiger partial charge on any atom is 0.193 e. The molecule has 0 fully saturated rings. The van der Waals surface area contributed by atoms with E-state index in [1.165, 1.54) is 0 Å². The summed E-state index contributed by atoms with van der Waals surface area (Å²) >= 11 is 0. The molecule has 1 aromatic heterocycles. The van der Waals surface area contributed by atoms with Crippen LogP contribution in [-0.2, 0) is 12.0 Å². The summed E-state index contributed by atoms with van der Waals surface area (Å²) < 4.78 is 5.57. The Morgan fingerprint density at radius 3 is 2.41 bits per heavy atom. The lowest BCUT2D eigenvalue weighted by Gasteiger charge is -2.30. The molecule has 0 amide bonds. The quantitative estimate of drug-likeness (QED) is 0.515. The number of benzene rings is 1. The van der Waals surface area contributed by atoms with Gasteiger partial charge in [-0.05, 0) is 30.0 Å². The van der Waals surface area contributed by atoms with E-state index < -0.39 is 0 Å². The third-order valence-electron chi connectivity index (χ3n) is 4.13. The number of ether oxygens (including phenoxy) is 1. The molecule has 0 radical (unpaired) electrons. The molecular weight excluding hydrogens is 387 g/mol. The van der Waals surface area contributed by atoms with Crippen molar-refractivity contribution >= 4 is 36.5 Å². The highest BCUT2D eigenvalue weighted by Crippen LogP contribution is 2.44. The van der Waals surface area contributed by atoms with Gasteiger partial charge >= 0.3 is 0 Å². The van der Waals surface area contributed by atoms with Gasteiger partial charge in [0.25, 0.3) is 0 Å². The summed E-state index contributed by atoms with van der Waals surface area (Å²) in [5.41, 5.74) is 8.49. The highest BCUT2D eigenvalue weighted by atomic mass is 35.5. The Labute approximate surface area is 173 Å². The second kappa shape index (κ2) is 9.67. The first kappa shape index (κ1) is 24.8. The van der Waals surface area contributed by atoms with Crippen LogP contribution in [0.15, 0.2) is 30.6 Å². The van der Waals surface area contributed by atoms with Crippen molar-refractivity contribution in [1.82, 2.24) is 4.98 Å². The maximum atomic E-state index is 10.7. The van der Waals surface area contributed by atoms with E-state index in [0.29, 0.717) is 23.5 Å². The fourth-order valence-corrected chi connectivity index (χ4v) is 2.79. The largest absolute Gasteiger partial charge is 0.507 e. The van der Waals surface area contributed by atoms with Crippen molar-refractivity contribution in [2.75, 3.05) is 12.0 Å². The fourth-order valence-electron chi connectivity index (χ4n) is 2.79. The van der Waals surface area contributed by atoms with Gasteiger partial charge in [0.1, 0.15) is 11.5 Å². The van der Waals surface area contributed by atoms with Crippen molar-refractivity contribution < 1.29 is 9.84 Å². The molecule has 0 atom stereocenters. The van der Waals surface area contributed by atoms with Crippen molar-refractivity contribution in [2.45, 2.75) is 39.7 Å². The zero-order valence-corrected chi connectivity index (χ0v) is 17.9. The molecule has 2 aromatic rings. The number of halogens is 2. The third kappa shape index (κ3) is 5.40. The SMILES string of the molecule is COc1cc(C(C)(C)C)c(O)c(C)c1N(Cc1cccnc1)C(=N)N.Cl.Cl. The predicted molar refractivity (Wildman–Crippen MR) is 115 cm³/mol. The molecule has 6 nitrogen and oxygen atoms in total. The Morgan fingerprint density at radius 1 is 1.33 bits per heavy atom. The minimum absolute atomic E-state index is 0. The van der Waals surface area contributed by atoms with E-state index in [2.05, 4.69) is 4.98 Å². The van der Waals surface area contributed by atoms with Crippen LogP contribution in [0.4, 0.5) is 5.69 Å². The number of methoxy groups -OCH3 is 1. The molecule has 0 aliphatic carbocycles. The second-order valence-electron chi connectivity index (χ2n) is 7.03. The van der Waals surface area contributed by atoms with E-state index in [9.17, 15) is 5.11 Å². The molecule has 0 bridgehead atoms. The van der Waals surface area contributed by atoms with Gasteiger partial charge in [-0.15, -0.1) is 24.8 Å². The van der Waals surface area contributed by atoms with Crippen molar-refractivity contribution in [3.8, 4) is 11.5 Å². The molecule has 27 heavy (non-hydrogen) atoms. The Hall–Kier alpha value is -2.18. The molecule has 150 valence electrons. The van der Waals surface area contributed by atoms with Crippen LogP contribution in [0.5, 0.6) is 11.5 Å². The first-order valence-electron chi connectivity index (χ1n) is 8.08. The molecule has 8 heteroatoms. The van der Waals surface area contributed by atoms with Gasteiger partial charge in [0.15, 0.2) is 5.96 Å². The summed E-state index contributed by atoms with van der Waals surface area (Å²) in [7, 11) is 1.57. The molecule has 0 saturated carbocycles. The third-order valence-corrected chi connectivity index (χ3v) is 4.13. The van der Waals surface area contributed by atoms with Crippen LogP contribution in [0.2, 0.25) is 0 Å². The zero-order chi connectivity index (χ0) is 18.8. The molecule has 0 aliphatic rings. The number of nitrogens with two attached hydrogens (primary N) is 1. The van der Waals surface area contributed by atoms with Crippen molar-refractivity contribution in [3.05, 3.63) is 47.3 Å². The standard InChI is InChI=1S/C19H26N4O2.2ClH/c1-12-16(15(25-5)9-14(17(12)24)19(2,3)4)23(18(20)21)11-13-7-6-8-22-10-13;;/h6-10,24H,11H2,1-5H3,(H3,20,21);2*1H. The van der Waals surface area contributed by atoms with E-state index in [-0.39, 0.29) is 41.9 Å². The molecule has 0 saturated heterocycles. The second-order valence-corrected chi connectivity index (χ2v) is 7.03. The average molecular weight is 415 g/mol. The summed E-state index contributed by atoms with van der Waals surface area (Å²) in [6.07, 6.45) is 3.42. The van der Waals surface area contributed by atoms with Gasteiger partial charge in [-0.2, -0.15) is 0 Å². The molecule has 4 N–H and O–H groups in total. The number of pyridine rings is 1. The summed E-state index contributed by atoms with van der Waals surface area (Å²) in [6.45, 7) is 8.24. The van der Waals surface area contributed by atoms with Crippen LogP contribution in [0, 0.1) is 12.3 Å². The van der Waals surface area contributed by atoms with Gasteiger partial charge in [-0.1, -0.05) is 26.8 Å². The van der Waals surface area contributed by atoms with Crippen LogP contribution in [0.1, 0.15) is 37.5 Å². The van der Waals surface area contributed by atoms with Gasteiger partial charge in [0.05, 0.1) is 19.3 Å². The Morgan fingerprint density at radius 2 is 1.96 bits per heavy atom. The number of nitrogens with zero attached hydrogens (tertiary/aromatic N) is 2. The predicted octanol–water partition coefficient (Wildman–Crippen LogP) is 4.15. The topological polar surface area (TPSA) is 95.5 Å². The van der Waals surface area contributed by atoms with Gasteiger partial charge in [0, 0.05) is 23.5 Å². The van der Waals surface area contributed by atoms with Gasteiger partial charge in [-0.25, -0.2) is 0 Å². The van der Waals surface area contributed by atoms with Crippen LogP contribution in [0.25, 0.3) is 0 Å². The number of rotatable bonds is 4. The molecule has 1 heterocycles. The Balaban J connectivity index is 0.00000338. The molecule has 0 spiro atoms. The average Bonchev–Trinajstić information content (AvgIpc) is 2.55. The van der Waals surface area contributed by atoms with Crippen LogP contribution in [0.3, 0.4) is 0 Å². The number of hydrogen-bond acceptors (Lipinski definition) is 4. The number of anilines is 1. The van der Waals surface area contributed by atoms with Gasteiger partial charge < -0.3 is 20.5 Å². The monoisotopic (exact) mass is 414 g/mol. The number of guanidine groups is 1. The maximum absolute atomic E-state index is 10.7. The molecule has 0 unspecified atom stereocenters. The van der Waals surface area contributed by atoms with Crippen LogP contribution in [-0.4, -0.2) is 23.2 Å². The minimum Gasteiger partial charge on any atom is -0.507 e. The summed E-state index contributed by atoms with van der Waals surface area (Å²) in [5.74, 6) is 0.633. The number of phenolic OH excluding ortho intramolecular Hbond substituents is 1. The number of phenols is 1. The lowest BCUT2D eigenvalue weighted by molar-refractivity contribution is 0.404. The lowest BCUT2D eigenvalue weighted by Crippen LogP contribution is -2.37. The first-order valence-corrected chi connectivity index (χ1v) is 8.08. The van der Waals surface area contributed by atoms with Crippen molar-refractivity contribution in [2.24, 2.45) is 5.73 Å². The normalized spacial score (nSPS) is 10.4. The van der Waals surface area contributed by atoms with E-state index in [0.717, 1.165) is 11.1 Å². The molecule has 1 aromatic carbocycles. The van der Waals surface area contributed by atoms with Crippen molar-refractivity contribution in [3.63, 3.8) is 0 Å². The number of hydrogen-bond donors (Lipinski definition) is 3. The summed E-state index contributed by atoms with van der Waals surface area (Å²) in [4.78, 5) is 5.71. The minimum atomic E-state index is -0.245. The van der Waals surface area contributed by atoms with E-state index >= 15 is 0 Å². The number of aromatic nitrogens is 1. The summed E-state index contributed by atoms with van der Waals surface area (Å²) in [5, 5.41) is 18.7. The highest BCUT2D eigenvalue weighted by molar-refractivity contribution is 5.95. The van der Waals surface area contributed by atoms with Crippen LogP contribution < -0.4 is 15.4 Å². The lowest BCUT2D eigenvalue weighted by atomic mass is 9.84.